The first-order valence-electron chi connectivity index (χ1n) is 15.1. The molecule has 4 rings (SSSR count). The Morgan fingerprint density at radius 2 is 1.63 bits per heavy atom. The Kier molecular flexibility index (Phi) is 8.67. The molecule has 5 nitrogen and oxygen atoms in total. The van der Waals surface area contributed by atoms with Crippen LogP contribution in [0, 0.1) is 52.3 Å². The SMILES string of the molecule is CC(C)CCC[C@@H](C)[C@H]1CC[C@H]2[C@@H]3CC[C@H]4CC(OC(=O)CC(F)(F)S(=O)(=O)O)CC[C@]4(C)[C@H]3CC[C@]12C. The van der Waals surface area contributed by atoms with Crippen LogP contribution in [0.2, 0.25) is 0 Å². The molecule has 220 valence electrons. The minimum absolute atomic E-state index is 0.173. The van der Waals surface area contributed by atoms with Crippen LogP contribution in [0.25, 0.3) is 0 Å². The summed E-state index contributed by atoms with van der Waals surface area (Å²) in [5.41, 5.74) is 0.610. The molecule has 9 atom stereocenters. The average Bonchev–Trinajstić information content (AvgIpc) is 3.15. The van der Waals surface area contributed by atoms with Gasteiger partial charge in [-0.05, 0) is 110 Å². The van der Waals surface area contributed by atoms with Gasteiger partial charge in [0.2, 0.25) is 0 Å². The zero-order valence-electron chi connectivity index (χ0n) is 24.1. The Balaban J connectivity index is 1.37. The van der Waals surface area contributed by atoms with Gasteiger partial charge in [0.1, 0.15) is 12.5 Å². The maximum absolute atomic E-state index is 13.6. The van der Waals surface area contributed by atoms with Crippen LogP contribution < -0.4 is 0 Å². The molecule has 1 unspecified atom stereocenters. The Hall–Kier alpha value is -0.760. The second-order valence-corrected chi connectivity index (χ2v) is 15.9. The van der Waals surface area contributed by atoms with E-state index in [1.54, 1.807) is 0 Å². The first-order valence-corrected chi connectivity index (χ1v) is 16.6. The predicted molar refractivity (Wildman–Crippen MR) is 144 cm³/mol. The van der Waals surface area contributed by atoms with Crippen molar-refractivity contribution in [3.05, 3.63) is 0 Å². The molecule has 0 aromatic carbocycles. The number of halogens is 2. The summed E-state index contributed by atoms with van der Waals surface area (Å²) in [6.45, 7) is 12.1. The normalized spacial score (nSPS) is 40.2. The standard InChI is InChI=1S/C30H50F2O5S/c1-19(2)7-6-8-20(3)24-11-12-25-23-10-9-21-17-22(37-27(33)18-30(31,32)38(34,35)36)13-15-28(21,4)26(23)14-16-29(24,25)5/h19-26H,6-18H2,1-5H3,(H,34,35,36)/t20-,21+,22?,23+,24-,25+,26+,28+,29-/m1/s1. The van der Waals surface area contributed by atoms with E-state index in [1.807, 2.05) is 0 Å². The number of hydrogen-bond acceptors (Lipinski definition) is 4. The molecule has 0 bridgehead atoms. The molecule has 0 radical (unpaired) electrons. The molecular weight excluding hydrogens is 510 g/mol. The van der Waals surface area contributed by atoms with E-state index in [4.69, 9.17) is 9.29 Å². The maximum atomic E-state index is 13.6. The number of alkyl halides is 2. The van der Waals surface area contributed by atoms with Crippen LogP contribution in [0.1, 0.15) is 118 Å². The summed E-state index contributed by atoms with van der Waals surface area (Å²) in [7, 11) is -5.64. The summed E-state index contributed by atoms with van der Waals surface area (Å²) in [4.78, 5) is 12.1. The fraction of sp³-hybridized carbons (Fsp3) is 0.967. The van der Waals surface area contributed by atoms with Crippen molar-refractivity contribution >= 4 is 16.1 Å². The van der Waals surface area contributed by atoms with Gasteiger partial charge in [0.25, 0.3) is 0 Å². The summed E-state index contributed by atoms with van der Waals surface area (Å²) in [5, 5.41) is -4.52. The quantitative estimate of drug-likeness (QED) is 0.229. The highest BCUT2D eigenvalue weighted by Gasteiger charge is 2.60. The van der Waals surface area contributed by atoms with Crippen molar-refractivity contribution in [2.45, 2.75) is 129 Å². The first-order chi connectivity index (χ1) is 17.6. The van der Waals surface area contributed by atoms with Gasteiger partial charge in [-0.1, -0.05) is 53.9 Å². The molecule has 4 aliphatic carbocycles. The predicted octanol–water partition coefficient (Wildman–Crippen LogP) is 7.89. The smallest absolute Gasteiger partial charge is 0.380 e. The van der Waals surface area contributed by atoms with Gasteiger partial charge in [-0.3, -0.25) is 9.35 Å². The average molecular weight is 561 g/mol. The molecule has 8 heteroatoms. The molecule has 0 aromatic rings. The van der Waals surface area contributed by atoms with E-state index in [9.17, 15) is 22.0 Å². The molecule has 0 spiro atoms. The lowest BCUT2D eigenvalue weighted by Crippen LogP contribution is -2.54. The topological polar surface area (TPSA) is 80.7 Å². The summed E-state index contributed by atoms with van der Waals surface area (Å²) in [6.07, 6.45) is 11.6. The van der Waals surface area contributed by atoms with E-state index < -0.39 is 33.9 Å². The minimum atomic E-state index is -5.64. The van der Waals surface area contributed by atoms with Crippen molar-refractivity contribution in [1.82, 2.24) is 0 Å². The lowest BCUT2D eigenvalue weighted by Gasteiger charge is -2.61. The highest BCUT2D eigenvalue weighted by Crippen LogP contribution is 2.68. The Labute approximate surface area is 229 Å². The second kappa shape index (κ2) is 10.9. The Morgan fingerprint density at radius 1 is 0.974 bits per heavy atom. The molecule has 0 heterocycles. The molecule has 38 heavy (non-hydrogen) atoms. The molecule has 4 fully saturated rings. The fourth-order valence-corrected chi connectivity index (χ4v) is 10.1. The van der Waals surface area contributed by atoms with Gasteiger partial charge >= 0.3 is 21.3 Å². The molecule has 4 saturated carbocycles. The van der Waals surface area contributed by atoms with Crippen LogP contribution in [-0.4, -0.2) is 30.3 Å². The van der Waals surface area contributed by atoms with E-state index in [2.05, 4.69) is 34.6 Å². The lowest BCUT2D eigenvalue weighted by molar-refractivity contribution is -0.166. The van der Waals surface area contributed by atoms with Crippen LogP contribution in [0.4, 0.5) is 8.78 Å². The van der Waals surface area contributed by atoms with Crippen molar-refractivity contribution < 1.29 is 31.3 Å². The van der Waals surface area contributed by atoms with Gasteiger partial charge in [-0.25, -0.2) is 0 Å². The Bertz CT molecular complexity index is 968. The van der Waals surface area contributed by atoms with Gasteiger partial charge in [-0.15, -0.1) is 0 Å². The van der Waals surface area contributed by atoms with Crippen LogP contribution in [0.5, 0.6) is 0 Å². The van der Waals surface area contributed by atoms with Crippen molar-refractivity contribution in [2.75, 3.05) is 0 Å². The molecular formula is C30H50F2O5S. The van der Waals surface area contributed by atoms with E-state index in [-0.39, 0.29) is 5.41 Å². The summed E-state index contributed by atoms with van der Waals surface area (Å²) in [5.74, 6) is 3.70. The van der Waals surface area contributed by atoms with Gasteiger partial charge in [0, 0.05) is 0 Å². The third kappa shape index (κ3) is 5.69. The number of ether oxygens (including phenoxy) is 1. The van der Waals surface area contributed by atoms with Crippen molar-refractivity contribution in [3.8, 4) is 0 Å². The molecule has 0 saturated heterocycles. The summed E-state index contributed by atoms with van der Waals surface area (Å²) < 4.78 is 63.0. The van der Waals surface area contributed by atoms with Crippen molar-refractivity contribution in [2.24, 2.45) is 52.3 Å². The number of carbonyl (C=O) groups is 1. The number of fused-ring (bicyclic) bond motifs is 5. The van der Waals surface area contributed by atoms with Crippen molar-refractivity contribution in [3.63, 3.8) is 0 Å². The largest absolute Gasteiger partial charge is 0.462 e. The van der Waals surface area contributed by atoms with Gasteiger partial charge < -0.3 is 4.74 Å². The maximum Gasteiger partial charge on any atom is 0.380 e. The van der Waals surface area contributed by atoms with E-state index in [1.165, 1.54) is 51.4 Å². The van der Waals surface area contributed by atoms with Gasteiger partial charge in [0.05, 0.1) is 0 Å². The lowest BCUT2D eigenvalue weighted by atomic mass is 9.44. The molecule has 0 amide bonds. The second-order valence-electron chi connectivity index (χ2n) is 14.4. The van der Waals surface area contributed by atoms with Crippen molar-refractivity contribution in [1.29, 1.82) is 0 Å². The van der Waals surface area contributed by atoms with Gasteiger partial charge in [0.15, 0.2) is 0 Å². The van der Waals surface area contributed by atoms with E-state index in [0.717, 1.165) is 42.4 Å². The fourth-order valence-electron chi connectivity index (χ4n) is 9.84. The Morgan fingerprint density at radius 3 is 2.29 bits per heavy atom. The minimum Gasteiger partial charge on any atom is -0.462 e. The monoisotopic (exact) mass is 560 g/mol. The molecule has 1 N–H and O–H groups in total. The summed E-state index contributed by atoms with van der Waals surface area (Å²) >= 11 is 0. The number of esters is 1. The van der Waals surface area contributed by atoms with Crippen LogP contribution >= 0.6 is 0 Å². The third-order valence-corrected chi connectivity index (χ3v) is 12.7. The first kappa shape index (κ1) is 30.2. The number of carbonyl (C=O) groups excluding carboxylic acids is 1. The highest BCUT2D eigenvalue weighted by atomic mass is 32.2. The molecule has 0 aliphatic heterocycles. The number of rotatable bonds is 9. The molecule has 0 aromatic heterocycles. The zero-order chi connectivity index (χ0) is 28.1. The van der Waals surface area contributed by atoms with Gasteiger partial charge in [-0.2, -0.15) is 17.2 Å². The number of hydrogen-bond donors (Lipinski definition) is 1. The third-order valence-electron chi connectivity index (χ3n) is 11.8. The van der Waals surface area contributed by atoms with E-state index >= 15 is 0 Å². The van der Waals surface area contributed by atoms with Crippen LogP contribution in [0.15, 0.2) is 0 Å². The van der Waals surface area contributed by atoms with E-state index in [0.29, 0.717) is 30.1 Å². The molecule has 4 aliphatic rings. The zero-order valence-corrected chi connectivity index (χ0v) is 24.9. The van der Waals surface area contributed by atoms with Crippen LogP contribution in [-0.2, 0) is 19.6 Å². The van der Waals surface area contributed by atoms with Crippen LogP contribution in [0.3, 0.4) is 0 Å². The highest BCUT2D eigenvalue weighted by molar-refractivity contribution is 7.86. The summed E-state index contributed by atoms with van der Waals surface area (Å²) in [6, 6.07) is 0.